The smallest absolute Gasteiger partial charge is 0.118 e. The van der Waals surface area contributed by atoms with Crippen LogP contribution in [0, 0.1) is 6.92 Å². The molecule has 0 atom stereocenters. The molecule has 0 unspecified atom stereocenters. The third kappa shape index (κ3) is 1.91. The second-order valence-electron chi connectivity index (χ2n) is 4.75. The zero-order valence-electron chi connectivity index (χ0n) is 10.7. The van der Waals surface area contributed by atoms with E-state index in [-0.39, 0.29) is 0 Å². The zero-order chi connectivity index (χ0) is 13.4. The first-order chi connectivity index (χ1) is 9.16. The van der Waals surface area contributed by atoms with Crippen molar-refractivity contribution in [2.75, 3.05) is 5.73 Å². The lowest BCUT2D eigenvalue weighted by Gasteiger charge is -2.10. The summed E-state index contributed by atoms with van der Waals surface area (Å²) in [5.74, 6) is 0.323. The number of aryl methyl sites for hydroxylation is 1. The van der Waals surface area contributed by atoms with Crippen LogP contribution in [0.15, 0.2) is 54.6 Å². The van der Waals surface area contributed by atoms with Crippen molar-refractivity contribution in [1.82, 2.24) is 0 Å². The Morgan fingerprint density at radius 3 is 2.37 bits per heavy atom. The van der Waals surface area contributed by atoms with E-state index in [2.05, 4.69) is 6.07 Å². The van der Waals surface area contributed by atoms with E-state index in [9.17, 15) is 5.11 Å². The van der Waals surface area contributed by atoms with Crippen molar-refractivity contribution < 1.29 is 5.11 Å². The first-order valence-corrected chi connectivity index (χ1v) is 6.24. The Labute approximate surface area is 112 Å². The minimum Gasteiger partial charge on any atom is -0.508 e. The normalized spacial score (nSPS) is 10.8. The van der Waals surface area contributed by atoms with Gasteiger partial charge in [-0.1, -0.05) is 36.4 Å². The topological polar surface area (TPSA) is 46.2 Å². The number of hydrogen-bond acceptors (Lipinski definition) is 2. The average Bonchev–Trinajstić information content (AvgIpc) is 2.43. The molecule has 0 aliphatic carbocycles. The molecule has 3 aromatic carbocycles. The fourth-order valence-electron chi connectivity index (χ4n) is 2.40. The second kappa shape index (κ2) is 4.32. The Hall–Kier alpha value is -2.48. The van der Waals surface area contributed by atoms with Gasteiger partial charge >= 0.3 is 0 Å². The highest BCUT2D eigenvalue weighted by Crippen LogP contribution is 2.33. The summed E-state index contributed by atoms with van der Waals surface area (Å²) < 4.78 is 0. The minimum atomic E-state index is 0.323. The zero-order valence-corrected chi connectivity index (χ0v) is 10.7. The molecule has 0 amide bonds. The molecule has 94 valence electrons. The van der Waals surface area contributed by atoms with Crippen LogP contribution in [-0.2, 0) is 0 Å². The van der Waals surface area contributed by atoms with E-state index in [1.54, 1.807) is 6.07 Å². The van der Waals surface area contributed by atoms with Crippen molar-refractivity contribution in [3.8, 4) is 16.9 Å². The molecule has 2 heteroatoms. The highest BCUT2D eigenvalue weighted by molar-refractivity contribution is 6.02. The standard InChI is InChI=1S/C17H15NO/c1-11-10-12(6-9-17(11)19)13-7-8-16(18)15-5-3-2-4-14(13)15/h2-10,19H,18H2,1H3. The molecule has 0 heterocycles. The number of phenols is 1. The molecule has 3 N–H and O–H groups in total. The Morgan fingerprint density at radius 1 is 0.895 bits per heavy atom. The number of anilines is 1. The highest BCUT2D eigenvalue weighted by atomic mass is 16.3. The molecule has 0 aliphatic rings. The second-order valence-corrected chi connectivity index (χ2v) is 4.75. The number of phenolic OH excluding ortho intramolecular Hbond substituents is 1. The number of rotatable bonds is 1. The van der Waals surface area contributed by atoms with Crippen molar-refractivity contribution in [1.29, 1.82) is 0 Å². The summed E-state index contributed by atoms with van der Waals surface area (Å²) in [5, 5.41) is 11.8. The van der Waals surface area contributed by atoms with Crippen molar-refractivity contribution in [2.45, 2.75) is 6.92 Å². The summed E-state index contributed by atoms with van der Waals surface area (Å²) in [6.07, 6.45) is 0. The summed E-state index contributed by atoms with van der Waals surface area (Å²) in [6.45, 7) is 1.90. The van der Waals surface area contributed by atoms with Gasteiger partial charge < -0.3 is 10.8 Å². The summed E-state index contributed by atoms with van der Waals surface area (Å²) >= 11 is 0. The van der Waals surface area contributed by atoms with Gasteiger partial charge in [-0.15, -0.1) is 0 Å². The van der Waals surface area contributed by atoms with Gasteiger partial charge in [-0.3, -0.25) is 0 Å². The summed E-state index contributed by atoms with van der Waals surface area (Å²) in [7, 11) is 0. The molecule has 2 nitrogen and oxygen atoms in total. The maximum absolute atomic E-state index is 9.63. The van der Waals surface area contributed by atoms with Crippen LogP contribution in [0.25, 0.3) is 21.9 Å². The van der Waals surface area contributed by atoms with Gasteiger partial charge in [0.15, 0.2) is 0 Å². The number of nitrogens with two attached hydrogens (primary N) is 1. The van der Waals surface area contributed by atoms with Gasteiger partial charge in [-0.25, -0.2) is 0 Å². The van der Waals surface area contributed by atoms with Gasteiger partial charge in [0.1, 0.15) is 5.75 Å². The van der Waals surface area contributed by atoms with Crippen LogP contribution >= 0.6 is 0 Å². The third-order valence-electron chi connectivity index (χ3n) is 3.47. The van der Waals surface area contributed by atoms with Crippen LogP contribution in [0.2, 0.25) is 0 Å². The number of benzene rings is 3. The molecular formula is C17H15NO. The molecular weight excluding hydrogens is 234 g/mol. The summed E-state index contributed by atoms with van der Waals surface area (Å²) in [5.41, 5.74) is 9.90. The van der Waals surface area contributed by atoms with Gasteiger partial charge in [-0.2, -0.15) is 0 Å². The number of fused-ring (bicyclic) bond motifs is 1. The van der Waals surface area contributed by atoms with Crippen LogP contribution in [-0.4, -0.2) is 5.11 Å². The lowest BCUT2D eigenvalue weighted by molar-refractivity contribution is 0.471. The highest BCUT2D eigenvalue weighted by Gasteiger charge is 2.07. The molecule has 19 heavy (non-hydrogen) atoms. The first kappa shape index (κ1) is 11.6. The molecule has 0 bridgehead atoms. The Balaban J connectivity index is 2.31. The van der Waals surface area contributed by atoms with E-state index < -0.39 is 0 Å². The molecule has 0 saturated carbocycles. The van der Waals surface area contributed by atoms with Crippen molar-refractivity contribution in [2.24, 2.45) is 0 Å². The molecule has 3 aromatic rings. The minimum absolute atomic E-state index is 0.323. The number of hydrogen-bond donors (Lipinski definition) is 2. The van der Waals surface area contributed by atoms with Crippen molar-refractivity contribution >= 4 is 16.5 Å². The van der Waals surface area contributed by atoms with Crippen LogP contribution in [0.5, 0.6) is 5.75 Å². The first-order valence-electron chi connectivity index (χ1n) is 6.24. The van der Waals surface area contributed by atoms with E-state index in [1.165, 1.54) is 0 Å². The van der Waals surface area contributed by atoms with Crippen LogP contribution in [0.3, 0.4) is 0 Å². The van der Waals surface area contributed by atoms with Crippen molar-refractivity contribution in [3.05, 3.63) is 60.2 Å². The maximum Gasteiger partial charge on any atom is 0.118 e. The molecule has 3 rings (SSSR count). The summed E-state index contributed by atoms with van der Waals surface area (Å²) in [6, 6.07) is 17.7. The fraction of sp³-hybridized carbons (Fsp3) is 0.0588. The van der Waals surface area contributed by atoms with E-state index in [0.717, 1.165) is 33.2 Å². The monoisotopic (exact) mass is 249 g/mol. The van der Waals surface area contributed by atoms with E-state index >= 15 is 0 Å². The SMILES string of the molecule is Cc1cc(-c2ccc(N)c3ccccc23)ccc1O. The molecule has 0 spiro atoms. The van der Waals surface area contributed by atoms with Crippen LogP contribution in [0.4, 0.5) is 5.69 Å². The molecule has 0 aliphatic heterocycles. The maximum atomic E-state index is 9.63. The van der Waals surface area contributed by atoms with Crippen LogP contribution < -0.4 is 5.73 Å². The quantitative estimate of drug-likeness (QED) is 0.638. The lowest BCUT2D eigenvalue weighted by Crippen LogP contribution is -1.89. The van der Waals surface area contributed by atoms with Crippen molar-refractivity contribution in [3.63, 3.8) is 0 Å². The van der Waals surface area contributed by atoms with Gasteiger partial charge in [-0.05, 0) is 47.2 Å². The van der Waals surface area contributed by atoms with E-state index in [4.69, 9.17) is 5.73 Å². The van der Waals surface area contributed by atoms with Gasteiger partial charge in [0.25, 0.3) is 0 Å². The van der Waals surface area contributed by atoms with Gasteiger partial charge in [0.05, 0.1) is 0 Å². The molecule has 0 aromatic heterocycles. The predicted molar refractivity (Wildman–Crippen MR) is 80.2 cm³/mol. The Morgan fingerprint density at radius 2 is 1.63 bits per heavy atom. The largest absolute Gasteiger partial charge is 0.508 e. The third-order valence-corrected chi connectivity index (χ3v) is 3.47. The average molecular weight is 249 g/mol. The fourth-order valence-corrected chi connectivity index (χ4v) is 2.40. The van der Waals surface area contributed by atoms with Gasteiger partial charge in [0.2, 0.25) is 0 Å². The van der Waals surface area contributed by atoms with Gasteiger partial charge in [0, 0.05) is 11.1 Å². The number of aromatic hydroxyl groups is 1. The van der Waals surface area contributed by atoms with Crippen LogP contribution in [0.1, 0.15) is 5.56 Å². The van der Waals surface area contributed by atoms with E-state index in [1.807, 2.05) is 49.4 Å². The summed E-state index contributed by atoms with van der Waals surface area (Å²) in [4.78, 5) is 0. The lowest BCUT2D eigenvalue weighted by atomic mass is 9.96. The predicted octanol–water partition coefficient (Wildman–Crippen LogP) is 4.10. The van der Waals surface area contributed by atoms with E-state index in [0.29, 0.717) is 5.75 Å². The molecule has 0 radical (unpaired) electrons. The Kier molecular flexibility index (Phi) is 2.64. The molecule has 0 fully saturated rings. The number of nitrogen functional groups attached to an aromatic ring is 1. The Bertz CT molecular complexity index is 762. The molecule has 0 saturated heterocycles.